The second-order valence-corrected chi connectivity index (χ2v) is 4.40. The lowest BCUT2D eigenvalue weighted by molar-refractivity contribution is -0.139. The van der Waals surface area contributed by atoms with Gasteiger partial charge in [-0.25, -0.2) is 9.59 Å². The highest BCUT2D eigenvalue weighted by atomic mass is 16.5. The van der Waals surface area contributed by atoms with Crippen molar-refractivity contribution in [3.8, 4) is 0 Å². The minimum atomic E-state index is -0.344. The maximum Gasteiger partial charge on any atom is 0.337 e. The van der Waals surface area contributed by atoms with Crippen LogP contribution >= 0.6 is 0 Å². The van der Waals surface area contributed by atoms with Gasteiger partial charge in [-0.1, -0.05) is 13.3 Å². The largest absolute Gasteiger partial charge is 0.463 e. The molecule has 2 amide bonds. The Morgan fingerprint density at radius 3 is 2.67 bits per heavy atom. The Bertz CT molecular complexity index is 363. The van der Waals surface area contributed by atoms with Gasteiger partial charge in [-0.15, -0.1) is 0 Å². The zero-order valence-corrected chi connectivity index (χ0v) is 11.6. The van der Waals surface area contributed by atoms with Gasteiger partial charge in [0.05, 0.1) is 18.2 Å². The zero-order chi connectivity index (χ0) is 13.7. The third-order valence-corrected chi connectivity index (χ3v) is 3.04. The van der Waals surface area contributed by atoms with Gasteiger partial charge in [0.25, 0.3) is 0 Å². The lowest BCUT2D eigenvalue weighted by atomic mass is 10.0. The summed E-state index contributed by atoms with van der Waals surface area (Å²) < 4.78 is 5.04. The van der Waals surface area contributed by atoms with Crippen LogP contribution in [0.5, 0.6) is 0 Å². The minimum Gasteiger partial charge on any atom is -0.463 e. The zero-order valence-electron chi connectivity index (χ0n) is 11.6. The van der Waals surface area contributed by atoms with Crippen molar-refractivity contribution in [3.05, 3.63) is 11.3 Å². The number of ether oxygens (including phenoxy) is 1. The van der Waals surface area contributed by atoms with Crippen LogP contribution in [0.15, 0.2) is 11.3 Å². The Morgan fingerprint density at radius 1 is 1.44 bits per heavy atom. The molecule has 0 fully saturated rings. The first-order valence-corrected chi connectivity index (χ1v) is 6.48. The van der Waals surface area contributed by atoms with Crippen LogP contribution in [0.2, 0.25) is 0 Å². The first-order valence-electron chi connectivity index (χ1n) is 6.48. The van der Waals surface area contributed by atoms with E-state index in [4.69, 9.17) is 4.74 Å². The van der Waals surface area contributed by atoms with E-state index in [2.05, 4.69) is 12.2 Å². The van der Waals surface area contributed by atoms with Crippen LogP contribution in [0, 0.1) is 0 Å². The maximum atomic E-state index is 11.9. The van der Waals surface area contributed by atoms with Crippen molar-refractivity contribution in [3.63, 3.8) is 0 Å². The first kappa shape index (κ1) is 14.5. The molecular formula is C13H22N2O3. The van der Waals surface area contributed by atoms with Crippen molar-refractivity contribution in [1.82, 2.24) is 10.2 Å². The van der Waals surface area contributed by atoms with Crippen LogP contribution in [0.25, 0.3) is 0 Å². The monoisotopic (exact) mass is 254 g/mol. The molecule has 1 rings (SSSR count). The van der Waals surface area contributed by atoms with Crippen LogP contribution in [-0.4, -0.2) is 36.1 Å². The number of nitrogens with zero attached hydrogens (tertiary/aromatic N) is 1. The van der Waals surface area contributed by atoms with Gasteiger partial charge in [0.2, 0.25) is 0 Å². The van der Waals surface area contributed by atoms with Crippen molar-refractivity contribution in [2.24, 2.45) is 0 Å². The predicted molar refractivity (Wildman–Crippen MR) is 68.9 cm³/mol. The summed E-state index contributed by atoms with van der Waals surface area (Å²) in [6.07, 6.45) is 1.91. The summed E-state index contributed by atoms with van der Waals surface area (Å²) in [7, 11) is 0. The Kier molecular flexibility index (Phi) is 5.19. The van der Waals surface area contributed by atoms with Gasteiger partial charge in [-0.05, 0) is 27.2 Å². The van der Waals surface area contributed by atoms with Gasteiger partial charge in [0, 0.05) is 12.2 Å². The second-order valence-electron chi connectivity index (χ2n) is 4.40. The highest BCUT2D eigenvalue weighted by Crippen LogP contribution is 2.21. The van der Waals surface area contributed by atoms with E-state index < -0.39 is 0 Å². The number of unbranched alkanes of at least 4 members (excludes halogenated alkanes) is 1. The van der Waals surface area contributed by atoms with Crippen LogP contribution in [0.3, 0.4) is 0 Å². The van der Waals surface area contributed by atoms with Gasteiger partial charge >= 0.3 is 12.0 Å². The molecule has 1 aliphatic heterocycles. The highest BCUT2D eigenvalue weighted by Gasteiger charge is 2.32. The van der Waals surface area contributed by atoms with Gasteiger partial charge in [0.15, 0.2) is 0 Å². The van der Waals surface area contributed by atoms with E-state index in [0.717, 1.165) is 12.8 Å². The van der Waals surface area contributed by atoms with Crippen LogP contribution in [-0.2, 0) is 9.53 Å². The molecular weight excluding hydrogens is 232 g/mol. The molecule has 0 bridgehead atoms. The van der Waals surface area contributed by atoms with Gasteiger partial charge in [0.1, 0.15) is 0 Å². The molecule has 0 saturated heterocycles. The summed E-state index contributed by atoms with van der Waals surface area (Å²) in [6, 6.07) is -0.434. The summed E-state index contributed by atoms with van der Waals surface area (Å²) in [5, 5.41) is 2.79. The first-order chi connectivity index (χ1) is 8.52. The van der Waals surface area contributed by atoms with Crippen LogP contribution in [0.1, 0.15) is 40.5 Å². The molecule has 102 valence electrons. The number of carbonyl (C=O) groups excluding carboxylic acids is 2. The molecule has 0 radical (unpaired) electrons. The molecule has 1 N–H and O–H groups in total. The van der Waals surface area contributed by atoms with Crippen molar-refractivity contribution in [2.75, 3.05) is 13.2 Å². The molecule has 0 saturated carbocycles. The van der Waals surface area contributed by atoms with E-state index in [9.17, 15) is 9.59 Å². The van der Waals surface area contributed by atoms with E-state index in [0.29, 0.717) is 24.4 Å². The summed E-state index contributed by atoms with van der Waals surface area (Å²) in [6.45, 7) is 8.40. The fourth-order valence-electron chi connectivity index (χ4n) is 2.07. The lowest BCUT2D eigenvalue weighted by Crippen LogP contribution is -2.51. The minimum absolute atomic E-state index is 0.138. The number of urea groups is 1. The Hall–Kier alpha value is -1.52. The number of carbonyl (C=O) groups is 2. The molecule has 0 aliphatic carbocycles. The Balaban J connectivity index is 2.98. The third kappa shape index (κ3) is 3.03. The second kappa shape index (κ2) is 6.42. The van der Waals surface area contributed by atoms with E-state index in [-0.39, 0.29) is 18.0 Å². The molecule has 1 aliphatic rings. The quantitative estimate of drug-likeness (QED) is 0.764. The number of rotatable bonds is 5. The van der Waals surface area contributed by atoms with Crippen molar-refractivity contribution < 1.29 is 14.3 Å². The molecule has 0 aromatic rings. The van der Waals surface area contributed by atoms with Crippen molar-refractivity contribution in [1.29, 1.82) is 0 Å². The highest BCUT2D eigenvalue weighted by molar-refractivity contribution is 5.94. The summed E-state index contributed by atoms with van der Waals surface area (Å²) in [5.74, 6) is -0.344. The average molecular weight is 254 g/mol. The average Bonchev–Trinajstić information content (AvgIpc) is 2.28. The topological polar surface area (TPSA) is 58.6 Å². The summed E-state index contributed by atoms with van der Waals surface area (Å²) in [5.41, 5.74) is 1.26. The lowest BCUT2D eigenvalue weighted by Gasteiger charge is -2.33. The number of amides is 2. The molecule has 5 nitrogen and oxygen atoms in total. The molecule has 18 heavy (non-hydrogen) atoms. The molecule has 1 unspecified atom stereocenters. The van der Waals surface area contributed by atoms with E-state index in [1.54, 1.807) is 25.7 Å². The smallest absolute Gasteiger partial charge is 0.337 e. The fraction of sp³-hybridized carbons (Fsp3) is 0.692. The summed E-state index contributed by atoms with van der Waals surface area (Å²) >= 11 is 0. The van der Waals surface area contributed by atoms with Crippen molar-refractivity contribution >= 4 is 12.0 Å². The van der Waals surface area contributed by atoms with Crippen LogP contribution < -0.4 is 5.32 Å². The van der Waals surface area contributed by atoms with Crippen molar-refractivity contribution in [2.45, 2.75) is 46.6 Å². The van der Waals surface area contributed by atoms with Gasteiger partial charge in [-0.3, -0.25) is 4.90 Å². The molecule has 0 aromatic heterocycles. The van der Waals surface area contributed by atoms with E-state index in [1.807, 2.05) is 0 Å². The normalized spacial score (nSPS) is 19.9. The number of nitrogens with one attached hydrogen (secondary N) is 1. The third-order valence-electron chi connectivity index (χ3n) is 3.04. The standard InChI is InChI=1S/C13H22N2O3/c1-5-7-8-15-10(4)11(12(16)18-6-2)9(3)14-13(15)17/h9H,5-8H2,1-4H3,(H,14,17). The molecule has 1 atom stereocenters. The predicted octanol–water partition coefficient (Wildman–Crippen LogP) is 2.04. The van der Waals surface area contributed by atoms with E-state index >= 15 is 0 Å². The van der Waals surface area contributed by atoms with Gasteiger partial charge < -0.3 is 10.1 Å². The van der Waals surface area contributed by atoms with Gasteiger partial charge in [-0.2, -0.15) is 0 Å². The number of esters is 1. The Labute approximate surface area is 108 Å². The molecule has 0 spiro atoms. The number of allylic oxidation sites excluding steroid dienone is 1. The SMILES string of the molecule is CCCCN1C(=O)NC(C)C(C(=O)OCC)=C1C. The number of hydrogen-bond donors (Lipinski definition) is 1. The molecule has 5 heteroatoms. The molecule has 1 heterocycles. The van der Waals surface area contributed by atoms with Crippen LogP contribution in [0.4, 0.5) is 4.79 Å². The maximum absolute atomic E-state index is 11.9. The van der Waals surface area contributed by atoms with E-state index in [1.165, 1.54) is 0 Å². The Morgan fingerprint density at radius 2 is 2.11 bits per heavy atom. The fourth-order valence-corrected chi connectivity index (χ4v) is 2.07. The number of hydrogen-bond acceptors (Lipinski definition) is 3. The molecule has 0 aromatic carbocycles. The summed E-state index contributed by atoms with van der Waals surface area (Å²) in [4.78, 5) is 25.4.